The summed E-state index contributed by atoms with van der Waals surface area (Å²) >= 11 is 0. The average molecular weight is 225 g/mol. The van der Waals surface area contributed by atoms with Gasteiger partial charge in [-0.3, -0.25) is 0 Å². The van der Waals surface area contributed by atoms with E-state index in [2.05, 4.69) is 9.97 Å². The molecule has 0 saturated heterocycles. The van der Waals surface area contributed by atoms with E-state index in [1.165, 1.54) is 0 Å². The lowest BCUT2D eigenvalue weighted by Gasteiger charge is -1.92. The number of nitrogen functional groups attached to an aromatic ring is 1. The van der Waals surface area contributed by atoms with Crippen molar-refractivity contribution in [3.8, 4) is 0 Å². The predicted octanol–water partition coefficient (Wildman–Crippen LogP) is 0.939. The van der Waals surface area contributed by atoms with Crippen LogP contribution in [0.3, 0.4) is 0 Å². The number of aromatic nitrogens is 2. The SMILES string of the molecule is CCS(=O)(=O)c1nc2ccc(N)cc2[nH]1. The van der Waals surface area contributed by atoms with Crippen molar-refractivity contribution in [3.63, 3.8) is 0 Å². The van der Waals surface area contributed by atoms with Crippen molar-refractivity contribution in [3.05, 3.63) is 18.2 Å². The van der Waals surface area contributed by atoms with Crippen LogP contribution in [-0.4, -0.2) is 24.1 Å². The van der Waals surface area contributed by atoms with Crippen molar-refractivity contribution in [2.24, 2.45) is 0 Å². The smallest absolute Gasteiger partial charge is 0.226 e. The molecule has 80 valence electrons. The van der Waals surface area contributed by atoms with Crippen molar-refractivity contribution >= 4 is 26.6 Å². The lowest BCUT2D eigenvalue weighted by atomic mass is 10.3. The number of hydrogen-bond acceptors (Lipinski definition) is 4. The molecule has 0 aliphatic carbocycles. The van der Waals surface area contributed by atoms with Gasteiger partial charge < -0.3 is 10.7 Å². The molecule has 0 saturated carbocycles. The number of anilines is 1. The van der Waals surface area contributed by atoms with Crippen molar-refractivity contribution in [2.45, 2.75) is 12.1 Å². The number of imidazole rings is 1. The minimum Gasteiger partial charge on any atom is -0.399 e. The molecule has 0 bridgehead atoms. The molecular weight excluding hydrogens is 214 g/mol. The highest BCUT2D eigenvalue weighted by atomic mass is 32.2. The molecule has 1 heterocycles. The molecule has 0 atom stereocenters. The van der Waals surface area contributed by atoms with Gasteiger partial charge in [-0.15, -0.1) is 0 Å². The molecule has 1 aromatic heterocycles. The second-order valence-electron chi connectivity index (χ2n) is 3.22. The van der Waals surface area contributed by atoms with Crippen LogP contribution in [0.2, 0.25) is 0 Å². The zero-order valence-electron chi connectivity index (χ0n) is 8.19. The first-order valence-electron chi connectivity index (χ1n) is 4.51. The number of nitrogens with two attached hydrogens (primary N) is 1. The zero-order valence-corrected chi connectivity index (χ0v) is 9.00. The molecule has 3 N–H and O–H groups in total. The number of benzene rings is 1. The van der Waals surface area contributed by atoms with E-state index in [0.717, 1.165) is 0 Å². The van der Waals surface area contributed by atoms with E-state index < -0.39 is 9.84 Å². The highest BCUT2D eigenvalue weighted by molar-refractivity contribution is 7.91. The van der Waals surface area contributed by atoms with Gasteiger partial charge in [-0.2, -0.15) is 0 Å². The van der Waals surface area contributed by atoms with Crippen LogP contribution < -0.4 is 5.73 Å². The predicted molar refractivity (Wildman–Crippen MR) is 58.2 cm³/mol. The van der Waals surface area contributed by atoms with E-state index in [4.69, 9.17) is 5.73 Å². The number of H-pyrrole nitrogens is 1. The Morgan fingerprint density at radius 2 is 2.20 bits per heavy atom. The number of aromatic amines is 1. The molecule has 0 radical (unpaired) electrons. The maximum atomic E-state index is 11.5. The first-order chi connectivity index (χ1) is 7.03. The van der Waals surface area contributed by atoms with Crippen molar-refractivity contribution in [1.29, 1.82) is 0 Å². The Bertz CT molecular complexity index is 601. The molecule has 2 aromatic rings. The molecule has 15 heavy (non-hydrogen) atoms. The number of hydrogen-bond donors (Lipinski definition) is 2. The molecule has 0 spiro atoms. The van der Waals surface area contributed by atoms with Crippen LogP contribution in [0.25, 0.3) is 11.0 Å². The Hall–Kier alpha value is -1.56. The quantitative estimate of drug-likeness (QED) is 0.744. The molecule has 0 fully saturated rings. The van der Waals surface area contributed by atoms with Gasteiger partial charge in [0.25, 0.3) is 0 Å². The van der Waals surface area contributed by atoms with E-state index in [1.54, 1.807) is 25.1 Å². The summed E-state index contributed by atoms with van der Waals surface area (Å²) in [7, 11) is -3.28. The number of fused-ring (bicyclic) bond motifs is 1. The van der Waals surface area contributed by atoms with Gasteiger partial charge >= 0.3 is 0 Å². The Balaban J connectivity index is 2.67. The molecular formula is C9H11N3O2S. The van der Waals surface area contributed by atoms with E-state index in [9.17, 15) is 8.42 Å². The summed E-state index contributed by atoms with van der Waals surface area (Å²) in [6.07, 6.45) is 0. The summed E-state index contributed by atoms with van der Waals surface area (Å²) < 4.78 is 23.1. The summed E-state index contributed by atoms with van der Waals surface area (Å²) in [5.74, 6) is 0.0301. The van der Waals surface area contributed by atoms with Crippen LogP contribution in [0.4, 0.5) is 5.69 Å². The molecule has 0 unspecified atom stereocenters. The number of rotatable bonds is 2. The highest BCUT2D eigenvalue weighted by Gasteiger charge is 2.16. The third-order valence-electron chi connectivity index (χ3n) is 2.16. The van der Waals surface area contributed by atoms with Gasteiger partial charge in [0.05, 0.1) is 16.8 Å². The Labute approximate surface area is 87.2 Å². The topological polar surface area (TPSA) is 88.8 Å². The van der Waals surface area contributed by atoms with E-state index in [1.807, 2.05) is 0 Å². The summed E-state index contributed by atoms with van der Waals surface area (Å²) in [4.78, 5) is 6.75. The maximum absolute atomic E-state index is 11.5. The highest BCUT2D eigenvalue weighted by Crippen LogP contribution is 2.17. The van der Waals surface area contributed by atoms with Gasteiger partial charge in [-0.1, -0.05) is 6.92 Å². The fourth-order valence-electron chi connectivity index (χ4n) is 1.29. The van der Waals surface area contributed by atoms with Gasteiger partial charge in [-0.05, 0) is 18.2 Å². The largest absolute Gasteiger partial charge is 0.399 e. The van der Waals surface area contributed by atoms with Gasteiger partial charge in [0.15, 0.2) is 0 Å². The van der Waals surface area contributed by atoms with Crippen LogP contribution in [0.5, 0.6) is 0 Å². The molecule has 2 rings (SSSR count). The minimum absolute atomic E-state index is 0.00519. The zero-order chi connectivity index (χ0) is 11.1. The monoisotopic (exact) mass is 225 g/mol. The molecule has 1 aromatic carbocycles. The van der Waals surface area contributed by atoms with Crippen LogP contribution >= 0.6 is 0 Å². The number of nitrogens with zero attached hydrogens (tertiary/aromatic N) is 1. The second kappa shape index (κ2) is 3.23. The lowest BCUT2D eigenvalue weighted by Crippen LogP contribution is -2.05. The van der Waals surface area contributed by atoms with Gasteiger partial charge in [-0.25, -0.2) is 13.4 Å². The van der Waals surface area contributed by atoms with Gasteiger partial charge in [0.2, 0.25) is 15.0 Å². The van der Waals surface area contributed by atoms with Crippen LogP contribution in [0.15, 0.2) is 23.4 Å². The number of nitrogens with one attached hydrogen (secondary N) is 1. The van der Waals surface area contributed by atoms with Gasteiger partial charge in [0.1, 0.15) is 0 Å². The fourth-order valence-corrected chi connectivity index (χ4v) is 2.06. The molecule has 0 amide bonds. The Kier molecular flexibility index (Phi) is 2.15. The fraction of sp³-hybridized carbons (Fsp3) is 0.222. The number of sulfone groups is 1. The van der Waals surface area contributed by atoms with E-state index >= 15 is 0 Å². The van der Waals surface area contributed by atoms with Crippen molar-refractivity contribution in [2.75, 3.05) is 11.5 Å². The van der Waals surface area contributed by atoms with E-state index in [-0.39, 0.29) is 10.9 Å². The Morgan fingerprint density at radius 1 is 1.47 bits per heavy atom. The molecule has 6 heteroatoms. The Morgan fingerprint density at radius 3 is 2.87 bits per heavy atom. The van der Waals surface area contributed by atoms with Crippen LogP contribution in [-0.2, 0) is 9.84 Å². The third-order valence-corrected chi connectivity index (χ3v) is 3.70. The first-order valence-corrected chi connectivity index (χ1v) is 6.16. The van der Waals surface area contributed by atoms with E-state index in [0.29, 0.717) is 16.7 Å². The lowest BCUT2D eigenvalue weighted by molar-refractivity contribution is 0.590. The minimum atomic E-state index is -3.28. The van der Waals surface area contributed by atoms with Crippen molar-refractivity contribution in [1.82, 2.24) is 9.97 Å². The molecule has 0 aliphatic rings. The average Bonchev–Trinajstić information content (AvgIpc) is 2.61. The van der Waals surface area contributed by atoms with Gasteiger partial charge in [0, 0.05) is 5.69 Å². The third kappa shape index (κ3) is 1.68. The maximum Gasteiger partial charge on any atom is 0.226 e. The second-order valence-corrected chi connectivity index (χ2v) is 5.42. The molecule has 5 nitrogen and oxygen atoms in total. The molecule has 0 aliphatic heterocycles. The summed E-state index contributed by atoms with van der Waals surface area (Å²) in [6, 6.07) is 5.04. The van der Waals surface area contributed by atoms with Crippen LogP contribution in [0, 0.1) is 0 Å². The summed E-state index contributed by atoms with van der Waals surface area (Å²) in [5, 5.41) is 0.00519. The first kappa shape index (κ1) is 9.97. The van der Waals surface area contributed by atoms with Crippen molar-refractivity contribution < 1.29 is 8.42 Å². The standard InChI is InChI=1S/C9H11N3O2S/c1-2-15(13,14)9-11-7-4-3-6(10)5-8(7)12-9/h3-5H,2,10H2,1H3,(H,11,12). The van der Waals surface area contributed by atoms with Crippen LogP contribution in [0.1, 0.15) is 6.92 Å². The summed E-state index contributed by atoms with van der Waals surface area (Å²) in [6.45, 7) is 1.58. The summed E-state index contributed by atoms with van der Waals surface area (Å²) in [5.41, 5.74) is 7.40. The normalized spacial score (nSPS) is 12.1.